The summed E-state index contributed by atoms with van der Waals surface area (Å²) in [6.45, 7) is 4.84. The number of esters is 2. The SMILES string of the molecule is CC(C)(ON=C(C(=O)N[C@H]1CN(OC(C)(C)C(=O)OCc2ccc([N+](=O)[O-])cc2)C1=O)c1csc(N)n1)C(=O)OCc1ccc([N+](=O)[O-])cc1. The number of nitrogen functional groups attached to an aromatic ring is 1. The molecule has 1 atom stereocenters. The molecule has 50 heavy (non-hydrogen) atoms. The first kappa shape index (κ1) is 36.8. The molecule has 19 nitrogen and oxygen atoms in total. The van der Waals surface area contributed by atoms with Crippen LogP contribution < -0.4 is 11.1 Å². The molecule has 4 rings (SSSR count). The number of anilines is 1. The van der Waals surface area contributed by atoms with Crippen molar-refractivity contribution in [1.29, 1.82) is 0 Å². The average molecular weight is 714 g/mol. The van der Waals surface area contributed by atoms with E-state index in [0.29, 0.717) is 11.1 Å². The van der Waals surface area contributed by atoms with Crippen LogP contribution >= 0.6 is 11.3 Å². The van der Waals surface area contributed by atoms with Crippen molar-refractivity contribution in [2.75, 3.05) is 12.3 Å². The van der Waals surface area contributed by atoms with E-state index in [1.54, 1.807) is 0 Å². The van der Waals surface area contributed by atoms with Crippen LogP contribution in [0.5, 0.6) is 0 Å². The number of carbonyl (C=O) groups excluding carboxylic acids is 4. The summed E-state index contributed by atoms with van der Waals surface area (Å²) in [5.74, 6) is -3.28. The maximum absolute atomic E-state index is 13.3. The Labute approximate surface area is 287 Å². The third-order valence-electron chi connectivity index (χ3n) is 6.90. The number of nitrogens with two attached hydrogens (primary N) is 1. The van der Waals surface area contributed by atoms with Gasteiger partial charge in [0, 0.05) is 29.6 Å². The number of nitro benzene ring substituents is 2. The lowest BCUT2D eigenvalue weighted by Gasteiger charge is -2.40. The maximum atomic E-state index is 13.3. The van der Waals surface area contributed by atoms with Crippen LogP contribution in [-0.4, -0.2) is 73.1 Å². The number of amides is 2. The summed E-state index contributed by atoms with van der Waals surface area (Å²) < 4.78 is 10.5. The van der Waals surface area contributed by atoms with Gasteiger partial charge in [-0.2, -0.15) is 0 Å². The predicted octanol–water partition coefficient (Wildman–Crippen LogP) is 2.57. The number of nitrogens with zero attached hydrogens (tertiary/aromatic N) is 5. The third-order valence-corrected chi connectivity index (χ3v) is 7.57. The van der Waals surface area contributed by atoms with Gasteiger partial charge in [-0.3, -0.25) is 34.7 Å². The van der Waals surface area contributed by atoms with Gasteiger partial charge >= 0.3 is 11.9 Å². The number of nitro groups is 2. The molecule has 0 aliphatic carbocycles. The Hall–Kier alpha value is -6.02. The fourth-order valence-corrected chi connectivity index (χ4v) is 4.54. The molecular formula is C30H31N7O12S. The van der Waals surface area contributed by atoms with E-state index in [2.05, 4.69) is 15.5 Å². The molecule has 0 radical (unpaired) electrons. The van der Waals surface area contributed by atoms with Crippen LogP contribution in [0.25, 0.3) is 0 Å². The summed E-state index contributed by atoms with van der Waals surface area (Å²) in [6.07, 6.45) is 0. The average Bonchev–Trinajstić information content (AvgIpc) is 3.50. The van der Waals surface area contributed by atoms with E-state index < -0.39 is 56.6 Å². The van der Waals surface area contributed by atoms with Crippen molar-refractivity contribution >= 4 is 57.3 Å². The number of hydrogen-bond donors (Lipinski definition) is 2. The van der Waals surface area contributed by atoms with Gasteiger partial charge in [0.05, 0.1) is 16.4 Å². The van der Waals surface area contributed by atoms with Gasteiger partial charge < -0.3 is 25.4 Å². The Morgan fingerprint density at radius 3 is 1.88 bits per heavy atom. The highest BCUT2D eigenvalue weighted by Gasteiger charge is 2.45. The molecule has 0 saturated carbocycles. The molecule has 1 saturated heterocycles. The minimum absolute atomic E-state index is 0.00294. The monoisotopic (exact) mass is 713 g/mol. The van der Waals surface area contributed by atoms with Crippen molar-refractivity contribution in [1.82, 2.24) is 15.4 Å². The number of carbonyl (C=O) groups is 4. The molecule has 3 N–H and O–H groups in total. The lowest BCUT2D eigenvalue weighted by molar-refractivity contribution is -0.385. The molecule has 1 aliphatic rings. The first-order valence-electron chi connectivity index (χ1n) is 14.6. The van der Waals surface area contributed by atoms with Gasteiger partial charge in [-0.05, 0) is 63.1 Å². The molecule has 20 heteroatoms. The van der Waals surface area contributed by atoms with E-state index in [-0.39, 0.29) is 42.0 Å². The van der Waals surface area contributed by atoms with Gasteiger partial charge in [0.15, 0.2) is 16.4 Å². The molecule has 1 aromatic heterocycles. The standard InChI is InChI=1S/C30H31N7O12S/c1-29(2,26(40)46-14-17-5-9-19(10-6-17)36(42)43)48-34-23(22-16-50-28(31)33-22)24(38)32-21-13-35(25(21)39)49-30(3,4)27(41)47-15-18-7-11-20(12-8-18)37(44)45/h5-12,16,21H,13-15H2,1-4H3,(H2,31,33)(H,32,38)/t21-/m0/s1. The second-order valence-corrected chi connectivity index (χ2v) is 12.5. The number of benzene rings is 2. The zero-order valence-electron chi connectivity index (χ0n) is 27.0. The summed E-state index contributed by atoms with van der Waals surface area (Å²) in [7, 11) is 0. The number of hydroxylamine groups is 2. The first-order valence-corrected chi connectivity index (χ1v) is 15.4. The highest BCUT2D eigenvalue weighted by Crippen LogP contribution is 2.23. The number of β-lactam (4-membered cyclic amide) rings is 1. The van der Waals surface area contributed by atoms with Gasteiger partial charge in [-0.1, -0.05) is 5.16 Å². The second-order valence-electron chi connectivity index (χ2n) is 11.6. The van der Waals surface area contributed by atoms with E-state index in [0.717, 1.165) is 16.4 Å². The summed E-state index contributed by atoms with van der Waals surface area (Å²) in [5.41, 5.74) is 2.71. The van der Waals surface area contributed by atoms with Crippen molar-refractivity contribution in [3.05, 3.63) is 91.0 Å². The van der Waals surface area contributed by atoms with Crippen molar-refractivity contribution < 1.29 is 48.2 Å². The second kappa shape index (κ2) is 15.0. The van der Waals surface area contributed by atoms with Crippen LogP contribution in [0.3, 0.4) is 0 Å². The topological polar surface area (TPSA) is 258 Å². The molecule has 0 bridgehead atoms. The number of rotatable bonds is 15. The molecule has 0 spiro atoms. The lowest BCUT2D eigenvalue weighted by atomic mass is 10.1. The Kier molecular flexibility index (Phi) is 11.1. The van der Waals surface area contributed by atoms with Gasteiger partial charge in [-0.25, -0.2) is 19.6 Å². The molecule has 2 aromatic carbocycles. The van der Waals surface area contributed by atoms with Crippen molar-refractivity contribution in [3.8, 4) is 0 Å². The van der Waals surface area contributed by atoms with Gasteiger partial charge in [0.1, 0.15) is 24.9 Å². The van der Waals surface area contributed by atoms with Crippen LogP contribution in [-0.2, 0) is 51.5 Å². The normalized spacial score (nSPS) is 14.7. The van der Waals surface area contributed by atoms with Crippen molar-refractivity contribution in [3.63, 3.8) is 0 Å². The Bertz CT molecular complexity index is 1820. The van der Waals surface area contributed by atoms with Gasteiger partial charge in [0.25, 0.3) is 23.2 Å². The summed E-state index contributed by atoms with van der Waals surface area (Å²) >= 11 is 1.00. The summed E-state index contributed by atoms with van der Waals surface area (Å²) in [5, 5.41) is 30.4. The van der Waals surface area contributed by atoms with E-state index in [4.69, 9.17) is 24.9 Å². The molecule has 264 valence electrons. The lowest BCUT2D eigenvalue weighted by Crippen LogP contribution is -2.66. The smallest absolute Gasteiger partial charge is 0.353 e. The number of nitrogens with one attached hydrogen (secondary N) is 1. The quantitative estimate of drug-likeness (QED) is 0.0754. The minimum Gasteiger partial charge on any atom is -0.459 e. The van der Waals surface area contributed by atoms with Crippen molar-refractivity contribution in [2.24, 2.45) is 5.16 Å². The number of aromatic nitrogens is 1. The van der Waals surface area contributed by atoms with Crippen molar-refractivity contribution in [2.45, 2.75) is 58.2 Å². The predicted molar refractivity (Wildman–Crippen MR) is 173 cm³/mol. The Morgan fingerprint density at radius 1 is 0.940 bits per heavy atom. The summed E-state index contributed by atoms with van der Waals surface area (Å²) in [6, 6.07) is 9.71. The molecule has 3 aromatic rings. The zero-order valence-corrected chi connectivity index (χ0v) is 27.8. The van der Waals surface area contributed by atoms with E-state index in [1.807, 2.05) is 0 Å². The largest absolute Gasteiger partial charge is 0.459 e. The third kappa shape index (κ3) is 9.11. The van der Waals surface area contributed by atoms with Crippen LogP contribution in [0.4, 0.5) is 16.5 Å². The van der Waals surface area contributed by atoms with Crippen LogP contribution in [0.1, 0.15) is 44.5 Å². The van der Waals surface area contributed by atoms with Crippen LogP contribution in [0.15, 0.2) is 59.1 Å². The molecule has 1 fully saturated rings. The van der Waals surface area contributed by atoms with E-state index in [9.17, 15) is 39.4 Å². The highest BCUT2D eigenvalue weighted by molar-refractivity contribution is 7.13. The molecular weight excluding hydrogens is 682 g/mol. The van der Waals surface area contributed by atoms with E-state index in [1.165, 1.54) is 81.6 Å². The summed E-state index contributed by atoms with van der Waals surface area (Å²) in [4.78, 5) is 87.1. The number of hydrogen-bond acceptors (Lipinski definition) is 16. The first-order chi connectivity index (χ1) is 23.5. The number of ether oxygens (including phenoxy) is 2. The number of non-ortho nitro benzene ring substituents is 2. The van der Waals surface area contributed by atoms with Crippen LogP contribution in [0, 0.1) is 20.2 Å². The Balaban J connectivity index is 1.33. The molecule has 2 amide bonds. The fraction of sp³-hybridized carbons (Fsp3) is 0.333. The molecule has 1 aliphatic heterocycles. The van der Waals surface area contributed by atoms with Gasteiger partial charge in [0.2, 0.25) is 5.60 Å². The van der Waals surface area contributed by atoms with Gasteiger partial charge in [-0.15, -0.1) is 11.3 Å². The fourth-order valence-electron chi connectivity index (χ4n) is 4.00. The number of thiazole rings is 1. The Morgan fingerprint density at radius 2 is 1.44 bits per heavy atom. The maximum Gasteiger partial charge on any atom is 0.353 e. The van der Waals surface area contributed by atoms with E-state index >= 15 is 0 Å². The minimum atomic E-state index is -1.72. The molecule has 2 heterocycles. The molecule has 0 unspecified atom stereocenters. The van der Waals surface area contributed by atoms with Crippen LogP contribution in [0.2, 0.25) is 0 Å². The zero-order chi connectivity index (χ0) is 36.8. The number of oxime groups is 1. The highest BCUT2D eigenvalue weighted by atomic mass is 32.1.